The lowest BCUT2D eigenvalue weighted by atomic mass is 10.1. The summed E-state index contributed by atoms with van der Waals surface area (Å²) in [6.45, 7) is 14.9. The van der Waals surface area contributed by atoms with Crippen molar-refractivity contribution in [3.8, 4) is 0 Å². The van der Waals surface area contributed by atoms with E-state index >= 15 is 0 Å². The predicted molar refractivity (Wildman–Crippen MR) is 115 cm³/mol. The van der Waals surface area contributed by atoms with E-state index in [0.29, 0.717) is 0 Å². The first-order chi connectivity index (χ1) is 13.1. The quantitative estimate of drug-likeness (QED) is 0.405. The van der Waals surface area contributed by atoms with Crippen molar-refractivity contribution in [2.45, 2.75) is 77.2 Å². The Morgan fingerprint density at radius 2 is 1.68 bits per heavy atom. The van der Waals surface area contributed by atoms with Gasteiger partial charge in [-0.1, -0.05) is 41.5 Å². The van der Waals surface area contributed by atoms with Crippen LogP contribution in [-0.2, 0) is 18.7 Å². The smallest absolute Gasteiger partial charge is 0.407 e. The molecule has 160 valence electrons. The molecule has 8 heteroatoms. The van der Waals surface area contributed by atoms with E-state index < -0.39 is 32.5 Å². The predicted octanol–water partition coefficient (Wildman–Crippen LogP) is 5.27. The molecule has 1 N–H and O–H groups in total. The van der Waals surface area contributed by atoms with Crippen LogP contribution < -0.4 is 5.32 Å². The summed E-state index contributed by atoms with van der Waals surface area (Å²) < 4.78 is 16.9. The second kappa shape index (κ2) is 11.0. The summed E-state index contributed by atoms with van der Waals surface area (Å²) in [4.78, 5) is 25.0. The van der Waals surface area contributed by atoms with Gasteiger partial charge in [0.1, 0.15) is 0 Å². The molecule has 0 unspecified atom stereocenters. The van der Waals surface area contributed by atoms with E-state index in [0.717, 1.165) is 5.56 Å². The Labute approximate surface area is 174 Å². The minimum Gasteiger partial charge on any atom is -0.467 e. The number of carbonyl (C=O) groups excluding carboxylic acids is 2. The number of thiophene rings is 1. The minimum absolute atomic E-state index is 0.245. The van der Waals surface area contributed by atoms with Crippen LogP contribution in [0.4, 0.5) is 4.79 Å². The highest BCUT2D eigenvalue weighted by molar-refractivity contribution is 7.08. The third-order valence-electron chi connectivity index (χ3n) is 5.23. The molecule has 0 aromatic carbocycles. The van der Waals surface area contributed by atoms with E-state index in [1.807, 2.05) is 16.8 Å². The van der Waals surface area contributed by atoms with Gasteiger partial charge in [0.2, 0.25) is 8.32 Å². The maximum Gasteiger partial charge on any atom is 0.407 e. The summed E-state index contributed by atoms with van der Waals surface area (Å²) >= 11 is 1.49. The molecular weight excluding hydrogens is 394 g/mol. The third kappa shape index (κ3) is 5.58. The van der Waals surface area contributed by atoms with Crippen molar-refractivity contribution >= 4 is 31.7 Å². The molecule has 28 heavy (non-hydrogen) atoms. The van der Waals surface area contributed by atoms with Crippen LogP contribution in [-0.4, -0.2) is 40.2 Å². The maximum atomic E-state index is 12.8. The molecule has 0 aliphatic rings. The highest BCUT2D eigenvalue weighted by atomic mass is 32.1. The van der Waals surface area contributed by atoms with Crippen molar-refractivity contribution in [2.24, 2.45) is 0 Å². The van der Waals surface area contributed by atoms with Gasteiger partial charge in [0, 0.05) is 0 Å². The van der Waals surface area contributed by atoms with Crippen LogP contribution in [0.15, 0.2) is 16.8 Å². The lowest BCUT2D eigenvalue weighted by Gasteiger charge is -2.45. The summed E-state index contributed by atoms with van der Waals surface area (Å²) in [5.74, 6) is -0.494. The summed E-state index contributed by atoms with van der Waals surface area (Å²) in [5.41, 5.74) is 1.65. The molecule has 0 spiro atoms. The van der Waals surface area contributed by atoms with Gasteiger partial charge in [0.05, 0.1) is 19.8 Å². The average molecular weight is 430 g/mol. The van der Waals surface area contributed by atoms with Crippen molar-refractivity contribution in [2.75, 3.05) is 13.7 Å². The Balaban J connectivity index is 3.42. The topological polar surface area (TPSA) is 73.9 Å². The Bertz CT molecular complexity index is 596. The molecule has 0 saturated carbocycles. The summed E-state index contributed by atoms with van der Waals surface area (Å²) in [6, 6.07) is 1.20. The van der Waals surface area contributed by atoms with Crippen LogP contribution in [0.1, 0.15) is 60.1 Å². The molecule has 0 fully saturated rings. The van der Waals surface area contributed by atoms with Crippen molar-refractivity contribution in [1.29, 1.82) is 0 Å². The molecule has 1 amide bonds. The van der Waals surface area contributed by atoms with Crippen LogP contribution in [0.2, 0.25) is 16.6 Å². The number of esters is 1. The first kappa shape index (κ1) is 24.7. The molecule has 1 aromatic heterocycles. The van der Waals surface area contributed by atoms with Gasteiger partial charge in [0.15, 0.2) is 6.10 Å². The molecule has 0 bridgehead atoms. The number of ether oxygens (including phenoxy) is 2. The van der Waals surface area contributed by atoms with Gasteiger partial charge in [-0.05, 0) is 45.9 Å². The van der Waals surface area contributed by atoms with Gasteiger partial charge in [-0.25, -0.2) is 9.59 Å². The van der Waals surface area contributed by atoms with Gasteiger partial charge in [0.25, 0.3) is 0 Å². The molecule has 1 heterocycles. The van der Waals surface area contributed by atoms with E-state index in [4.69, 9.17) is 13.9 Å². The number of amides is 1. The number of carbonyl (C=O) groups is 2. The zero-order chi connectivity index (χ0) is 21.5. The monoisotopic (exact) mass is 429 g/mol. The second-order valence-electron chi connectivity index (χ2n) is 7.78. The van der Waals surface area contributed by atoms with Gasteiger partial charge >= 0.3 is 12.1 Å². The Kier molecular flexibility index (Phi) is 9.66. The summed E-state index contributed by atoms with van der Waals surface area (Å²) in [7, 11) is -1.06. The molecule has 6 nitrogen and oxygen atoms in total. The van der Waals surface area contributed by atoms with Crippen molar-refractivity contribution in [1.82, 2.24) is 5.32 Å². The minimum atomic E-state index is -2.40. The standard InChI is InChI=1S/C20H35NO5SSi/c1-9-25-20(23)21-17(16-10-11-27-12-16)18(19(22)24-8)26-28(13(2)3,14(4)5)15(6)7/h10-15,17-18H,9H2,1-8H3,(H,21,23)/t17-,18+/m0/s1. The molecule has 0 radical (unpaired) electrons. The molecule has 1 rings (SSSR count). The largest absolute Gasteiger partial charge is 0.467 e. The Hall–Kier alpha value is -1.38. The number of methoxy groups -OCH3 is 1. The highest BCUT2D eigenvalue weighted by Gasteiger charge is 2.50. The van der Waals surface area contributed by atoms with Crippen LogP contribution in [0.25, 0.3) is 0 Å². The highest BCUT2D eigenvalue weighted by Crippen LogP contribution is 2.44. The molecule has 0 saturated heterocycles. The van der Waals surface area contributed by atoms with Gasteiger partial charge in [-0.2, -0.15) is 11.3 Å². The fourth-order valence-electron chi connectivity index (χ4n) is 4.08. The average Bonchev–Trinajstić information content (AvgIpc) is 3.14. The SMILES string of the molecule is CCOC(=O)N[C@@H](c1ccsc1)[C@@H](O[Si](C(C)C)(C(C)C)C(C)C)C(=O)OC. The number of nitrogens with one attached hydrogen (secondary N) is 1. The van der Waals surface area contributed by atoms with Crippen molar-refractivity contribution in [3.63, 3.8) is 0 Å². The lowest BCUT2D eigenvalue weighted by Crippen LogP contribution is -2.55. The fraction of sp³-hybridized carbons (Fsp3) is 0.700. The second-order valence-corrected chi connectivity index (χ2v) is 14.0. The first-order valence-electron chi connectivity index (χ1n) is 9.82. The Morgan fingerprint density at radius 3 is 2.07 bits per heavy atom. The normalized spacial score (nSPS) is 14.2. The summed E-state index contributed by atoms with van der Waals surface area (Å²) in [5, 5.41) is 6.62. The van der Waals surface area contributed by atoms with E-state index in [1.165, 1.54) is 18.4 Å². The van der Waals surface area contributed by atoms with Crippen LogP contribution in [0.3, 0.4) is 0 Å². The van der Waals surface area contributed by atoms with Crippen molar-refractivity contribution < 1.29 is 23.5 Å². The number of alkyl carbamates (subject to hydrolysis) is 1. The number of hydrogen-bond donors (Lipinski definition) is 1. The maximum absolute atomic E-state index is 12.8. The number of hydrogen-bond acceptors (Lipinski definition) is 6. The van der Waals surface area contributed by atoms with E-state index in [9.17, 15) is 9.59 Å². The first-order valence-corrected chi connectivity index (χ1v) is 12.9. The van der Waals surface area contributed by atoms with Gasteiger partial charge in [-0.15, -0.1) is 0 Å². The third-order valence-corrected chi connectivity index (χ3v) is 12.0. The molecule has 0 aliphatic carbocycles. The Morgan fingerprint density at radius 1 is 1.11 bits per heavy atom. The van der Waals surface area contributed by atoms with E-state index in [2.05, 4.69) is 46.9 Å². The van der Waals surface area contributed by atoms with Crippen LogP contribution >= 0.6 is 11.3 Å². The lowest BCUT2D eigenvalue weighted by molar-refractivity contribution is -0.151. The van der Waals surface area contributed by atoms with Crippen LogP contribution in [0.5, 0.6) is 0 Å². The number of rotatable bonds is 10. The van der Waals surface area contributed by atoms with E-state index in [-0.39, 0.29) is 23.2 Å². The molecular formula is C20H35NO5SSi. The zero-order valence-electron chi connectivity index (χ0n) is 18.3. The van der Waals surface area contributed by atoms with Crippen molar-refractivity contribution in [3.05, 3.63) is 22.4 Å². The zero-order valence-corrected chi connectivity index (χ0v) is 20.1. The molecule has 0 aliphatic heterocycles. The van der Waals surface area contributed by atoms with Gasteiger partial charge < -0.3 is 19.2 Å². The van der Waals surface area contributed by atoms with E-state index in [1.54, 1.807) is 6.92 Å². The summed E-state index contributed by atoms with van der Waals surface area (Å²) in [6.07, 6.45) is -1.52. The fourth-order valence-corrected chi connectivity index (χ4v) is 10.3. The molecule has 2 atom stereocenters. The van der Waals surface area contributed by atoms with Gasteiger partial charge in [-0.3, -0.25) is 0 Å². The van der Waals surface area contributed by atoms with Crippen LogP contribution in [0, 0.1) is 0 Å². The molecule has 1 aromatic rings.